The van der Waals surface area contributed by atoms with Crippen LogP contribution in [-0.2, 0) is 6.54 Å². The van der Waals surface area contributed by atoms with Crippen molar-refractivity contribution in [2.24, 2.45) is 4.99 Å². The van der Waals surface area contributed by atoms with Crippen LogP contribution < -0.4 is 10.1 Å². The standard InChI is InChI=1S/C25H21N5O2.C2H6/c1-16-19(25(31)29-14-17-5-9-26-10-6-17)3-2-4-22(16)32-23-8-12-28-24-20(23)13-21(30-24)18-7-11-27-15-18;1-2/h2-10,12-13,15H,11,14H2,1H3,(H,28,30)(H,29,31);1-2H3. The molecule has 2 N–H and O–H groups in total. The predicted octanol–water partition coefficient (Wildman–Crippen LogP) is 5.48. The highest BCUT2D eigenvalue weighted by molar-refractivity contribution is 6.12. The summed E-state index contributed by atoms with van der Waals surface area (Å²) in [6, 6.07) is 13.1. The monoisotopic (exact) mass is 453 g/mol. The zero-order valence-electron chi connectivity index (χ0n) is 19.5. The van der Waals surface area contributed by atoms with Gasteiger partial charge in [-0.25, -0.2) is 4.98 Å². The van der Waals surface area contributed by atoms with Crippen molar-refractivity contribution in [3.05, 3.63) is 89.5 Å². The summed E-state index contributed by atoms with van der Waals surface area (Å²) in [5.74, 6) is 1.14. The number of hydrogen-bond acceptors (Lipinski definition) is 5. The highest BCUT2D eigenvalue weighted by Crippen LogP contribution is 2.33. The van der Waals surface area contributed by atoms with Gasteiger partial charge in [0, 0.05) is 53.7 Å². The fourth-order valence-corrected chi connectivity index (χ4v) is 3.65. The molecule has 0 radical (unpaired) electrons. The Labute approximate surface area is 198 Å². The van der Waals surface area contributed by atoms with Crippen LogP contribution in [0.5, 0.6) is 11.5 Å². The minimum Gasteiger partial charge on any atom is -0.456 e. The molecule has 1 amide bonds. The van der Waals surface area contributed by atoms with Crippen LogP contribution in [0.25, 0.3) is 16.6 Å². The van der Waals surface area contributed by atoms with E-state index in [2.05, 4.69) is 31.3 Å². The van der Waals surface area contributed by atoms with Gasteiger partial charge in [-0.15, -0.1) is 0 Å². The molecule has 1 aliphatic heterocycles. The summed E-state index contributed by atoms with van der Waals surface area (Å²) in [5.41, 5.74) is 5.06. The van der Waals surface area contributed by atoms with Crippen LogP contribution in [0, 0.1) is 6.92 Å². The fraction of sp³-hybridized carbons (Fsp3) is 0.185. The van der Waals surface area contributed by atoms with E-state index in [4.69, 9.17) is 4.74 Å². The first kappa shape index (κ1) is 22.9. The number of rotatable bonds is 6. The van der Waals surface area contributed by atoms with E-state index in [-0.39, 0.29) is 5.91 Å². The number of nitrogens with one attached hydrogen (secondary N) is 2. The van der Waals surface area contributed by atoms with Crippen molar-refractivity contribution in [2.75, 3.05) is 6.54 Å². The van der Waals surface area contributed by atoms with Gasteiger partial charge < -0.3 is 15.0 Å². The molecule has 0 unspecified atom stereocenters. The number of nitrogens with zero attached hydrogens (tertiary/aromatic N) is 3. The molecule has 5 rings (SSSR count). The van der Waals surface area contributed by atoms with E-state index in [0.717, 1.165) is 33.4 Å². The fourth-order valence-electron chi connectivity index (χ4n) is 3.65. The first-order chi connectivity index (χ1) is 16.7. The van der Waals surface area contributed by atoms with Crippen molar-refractivity contribution in [1.82, 2.24) is 20.3 Å². The van der Waals surface area contributed by atoms with Crippen molar-refractivity contribution >= 4 is 28.7 Å². The number of amides is 1. The van der Waals surface area contributed by atoms with Gasteiger partial charge in [-0.2, -0.15) is 0 Å². The minimum atomic E-state index is -0.152. The number of aliphatic imine (C=N–C) groups is 1. The molecule has 0 spiro atoms. The SMILES string of the molecule is CC.Cc1c(Oc2ccnc3[nH]c(C4=CCN=C4)cc23)cccc1C(=O)NCc1ccncc1. The summed E-state index contributed by atoms with van der Waals surface area (Å²) in [6.45, 7) is 7.01. The molecule has 7 heteroatoms. The molecule has 4 aromatic rings. The Hall–Kier alpha value is -4.26. The number of carbonyl (C=O) groups excluding carboxylic acids is 1. The molecular weight excluding hydrogens is 426 g/mol. The third-order valence-electron chi connectivity index (χ3n) is 5.40. The molecule has 0 fully saturated rings. The topological polar surface area (TPSA) is 92.3 Å². The maximum absolute atomic E-state index is 12.8. The van der Waals surface area contributed by atoms with Gasteiger partial charge in [0.2, 0.25) is 0 Å². The number of fused-ring (bicyclic) bond motifs is 1. The van der Waals surface area contributed by atoms with E-state index in [1.807, 2.05) is 63.4 Å². The van der Waals surface area contributed by atoms with Crippen LogP contribution in [-0.4, -0.2) is 33.6 Å². The number of aromatic nitrogens is 3. The van der Waals surface area contributed by atoms with Crippen molar-refractivity contribution in [3.63, 3.8) is 0 Å². The lowest BCUT2D eigenvalue weighted by molar-refractivity contribution is 0.0950. The molecular formula is C27H27N5O2. The molecule has 1 aliphatic rings. The molecule has 1 aromatic carbocycles. The summed E-state index contributed by atoms with van der Waals surface area (Å²) < 4.78 is 6.25. The number of aromatic amines is 1. The second kappa shape index (κ2) is 10.6. The molecule has 0 saturated heterocycles. The molecule has 0 saturated carbocycles. The van der Waals surface area contributed by atoms with Crippen LogP contribution >= 0.6 is 0 Å². The van der Waals surface area contributed by atoms with Crippen LogP contribution in [0.1, 0.15) is 41.0 Å². The van der Waals surface area contributed by atoms with E-state index in [9.17, 15) is 4.79 Å². The van der Waals surface area contributed by atoms with Crippen molar-refractivity contribution in [2.45, 2.75) is 27.3 Å². The Morgan fingerprint density at radius 1 is 1.09 bits per heavy atom. The lowest BCUT2D eigenvalue weighted by Crippen LogP contribution is -2.23. The number of H-pyrrole nitrogens is 1. The van der Waals surface area contributed by atoms with Gasteiger partial charge in [0.1, 0.15) is 17.1 Å². The summed E-state index contributed by atoms with van der Waals surface area (Å²) in [7, 11) is 0. The lowest BCUT2D eigenvalue weighted by Gasteiger charge is -2.13. The van der Waals surface area contributed by atoms with E-state index >= 15 is 0 Å². The van der Waals surface area contributed by atoms with E-state index in [1.54, 1.807) is 24.7 Å². The van der Waals surface area contributed by atoms with Crippen molar-refractivity contribution in [1.29, 1.82) is 0 Å². The molecule has 7 nitrogen and oxygen atoms in total. The highest BCUT2D eigenvalue weighted by atomic mass is 16.5. The Morgan fingerprint density at radius 3 is 2.68 bits per heavy atom. The van der Waals surface area contributed by atoms with Crippen LogP contribution in [0.2, 0.25) is 0 Å². The van der Waals surface area contributed by atoms with Crippen LogP contribution in [0.3, 0.4) is 0 Å². The number of ether oxygens (including phenoxy) is 1. The summed E-state index contributed by atoms with van der Waals surface area (Å²) in [5, 5.41) is 3.83. The summed E-state index contributed by atoms with van der Waals surface area (Å²) >= 11 is 0. The molecule has 4 heterocycles. The smallest absolute Gasteiger partial charge is 0.251 e. The quantitative estimate of drug-likeness (QED) is 0.404. The zero-order chi connectivity index (χ0) is 23.9. The van der Waals surface area contributed by atoms with Crippen LogP contribution in [0.15, 0.2) is 72.1 Å². The first-order valence-electron chi connectivity index (χ1n) is 11.3. The average molecular weight is 454 g/mol. The van der Waals surface area contributed by atoms with Gasteiger partial charge in [-0.05, 0) is 48.9 Å². The highest BCUT2D eigenvalue weighted by Gasteiger charge is 2.16. The maximum atomic E-state index is 12.8. The van der Waals surface area contributed by atoms with Gasteiger partial charge >= 0.3 is 0 Å². The number of hydrogen-bond donors (Lipinski definition) is 2. The lowest BCUT2D eigenvalue weighted by atomic mass is 10.1. The second-order valence-electron chi connectivity index (χ2n) is 7.48. The summed E-state index contributed by atoms with van der Waals surface area (Å²) in [4.78, 5) is 28.8. The van der Waals surface area contributed by atoms with Gasteiger partial charge in [0.05, 0.1) is 11.9 Å². The Balaban J connectivity index is 0.00000133. The Bertz CT molecular complexity index is 1360. The second-order valence-corrected chi connectivity index (χ2v) is 7.48. The van der Waals surface area contributed by atoms with Crippen LogP contribution in [0.4, 0.5) is 0 Å². The summed E-state index contributed by atoms with van der Waals surface area (Å²) in [6.07, 6.45) is 9.03. The number of pyridine rings is 2. The third-order valence-corrected chi connectivity index (χ3v) is 5.40. The van der Waals surface area contributed by atoms with Gasteiger partial charge in [0.25, 0.3) is 5.91 Å². The number of allylic oxidation sites excluding steroid dienone is 1. The number of carbonyl (C=O) groups is 1. The Kier molecular flexibility index (Phi) is 7.13. The van der Waals surface area contributed by atoms with E-state index < -0.39 is 0 Å². The number of benzene rings is 1. The predicted molar refractivity (Wildman–Crippen MR) is 135 cm³/mol. The van der Waals surface area contributed by atoms with Gasteiger partial charge in [-0.3, -0.25) is 14.8 Å². The normalized spacial score (nSPS) is 12.1. The molecule has 0 atom stereocenters. The van der Waals surface area contributed by atoms with Crippen molar-refractivity contribution in [3.8, 4) is 11.5 Å². The largest absolute Gasteiger partial charge is 0.456 e. The first-order valence-corrected chi connectivity index (χ1v) is 11.3. The zero-order valence-corrected chi connectivity index (χ0v) is 19.5. The Morgan fingerprint density at radius 2 is 1.91 bits per heavy atom. The third kappa shape index (κ3) is 4.88. The molecule has 0 aliphatic carbocycles. The molecule has 0 bridgehead atoms. The van der Waals surface area contributed by atoms with E-state index in [0.29, 0.717) is 30.2 Å². The van der Waals surface area contributed by atoms with E-state index in [1.165, 1.54) is 0 Å². The molecule has 3 aromatic heterocycles. The van der Waals surface area contributed by atoms with Crippen molar-refractivity contribution < 1.29 is 9.53 Å². The minimum absolute atomic E-state index is 0.152. The van der Waals surface area contributed by atoms with Gasteiger partial charge in [0.15, 0.2) is 0 Å². The molecule has 34 heavy (non-hydrogen) atoms. The maximum Gasteiger partial charge on any atom is 0.251 e. The average Bonchev–Trinajstić information content (AvgIpc) is 3.56. The molecule has 172 valence electrons. The van der Waals surface area contributed by atoms with Gasteiger partial charge in [-0.1, -0.05) is 26.0 Å².